The largest absolute Gasteiger partial charge is 0.295 e. The highest BCUT2D eigenvalue weighted by Crippen LogP contribution is 2.36. The monoisotopic (exact) mass is 322 g/mol. The standard InChI is InChI=1S/C19H14O3S/c1-2-7-16-13-12-15-10-4-3-8-14-9-5-6-11-17(14)18(15)19(16)23(20,21)22/h1,5-6,9,11-13H,3,7-8H2,(H,20,21,22). The lowest BCUT2D eigenvalue weighted by molar-refractivity contribution is 0.482. The average Bonchev–Trinajstić information content (AvgIpc) is 2.49. The summed E-state index contributed by atoms with van der Waals surface area (Å²) in [4.78, 5) is -0.128. The molecular formula is C19H14O3S. The van der Waals surface area contributed by atoms with Crippen LogP contribution >= 0.6 is 0 Å². The lowest BCUT2D eigenvalue weighted by Crippen LogP contribution is -2.09. The zero-order valence-corrected chi connectivity index (χ0v) is 13.2. The summed E-state index contributed by atoms with van der Waals surface area (Å²) in [5.74, 6) is 8.50. The van der Waals surface area contributed by atoms with Crippen molar-refractivity contribution in [2.75, 3.05) is 0 Å². The molecule has 114 valence electrons. The van der Waals surface area contributed by atoms with Crippen LogP contribution in [-0.4, -0.2) is 13.0 Å². The number of rotatable bonds is 2. The molecule has 0 atom stereocenters. The van der Waals surface area contributed by atoms with Crippen molar-refractivity contribution in [3.05, 3.63) is 53.1 Å². The van der Waals surface area contributed by atoms with E-state index in [0.29, 0.717) is 23.1 Å². The van der Waals surface area contributed by atoms with Gasteiger partial charge in [-0.3, -0.25) is 4.55 Å². The van der Waals surface area contributed by atoms with Gasteiger partial charge in [0.1, 0.15) is 4.90 Å². The molecule has 3 rings (SSSR count). The molecule has 0 aromatic heterocycles. The van der Waals surface area contributed by atoms with Gasteiger partial charge < -0.3 is 0 Å². The second kappa shape index (κ2) is 5.93. The molecule has 1 N–H and O–H groups in total. The third-order valence-corrected chi connectivity index (χ3v) is 4.80. The van der Waals surface area contributed by atoms with E-state index in [1.54, 1.807) is 12.1 Å². The Labute approximate surface area is 136 Å². The van der Waals surface area contributed by atoms with Crippen molar-refractivity contribution in [2.24, 2.45) is 0 Å². The van der Waals surface area contributed by atoms with Crippen LogP contribution in [0.5, 0.6) is 0 Å². The molecule has 0 saturated carbocycles. The van der Waals surface area contributed by atoms with Gasteiger partial charge in [0.15, 0.2) is 0 Å². The zero-order valence-electron chi connectivity index (χ0n) is 12.3. The molecule has 2 aromatic rings. The number of hydrogen-bond donors (Lipinski definition) is 1. The summed E-state index contributed by atoms with van der Waals surface area (Å²) in [6.07, 6.45) is 6.90. The first-order valence-corrected chi connectivity index (χ1v) is 8.60. The Morgan fingerprint density at radius 1 is 1.22 bits per heavy atom. The molecule has 0 spiro atoms. The SMILES string of the molecule is C#CCc1ccc2c(c1S(=O)(=O)O)-c1ccccc1CCC#C2. The van der Waals surface area contributed by atoms with Crippen LogP contribution < -0.4 is 0 Å². The molecule has 0 radical (unpaired) electrons. The van der Waals surface area contributed by atoms with Crippen molar-refractivity contribution in [3.8, 4) is 35.3 Å². The topological polar surface area (TPSA) is 54.4 Å². The van der Waals surface area contributed by atoms with Gasteiger partial charge in [-0.05, 0) is 29.2 Å². The van der Waals surface area contributed by atoms with Gasteiger partial charge in [0.05, 0.1) is 0 Å². The van der Waals surface area contributed by atoms with E-state index in [-0.39, 0.29) is 11.3 Å². The van der Waals surface area contributed by atoms with E-state index in [2.05, 4.69) is 17.8 Å². The van der Waals surface area contributed by atoms with E-state index in [1.807, 2.05) is 24.3 Å². The van der Waals surface area contributed by atoms with E-state index >= 15 is 0 Å². The molecule has 0 fully saturated rings. The molecule has 0 amide bonds. The van der Waals surface area contributed by atoms with Crippen LogP contribution in [0.15, 0.2) is 41.3 Å². The van der Waals surface area contributed by atoms with Crippen LogP contribution in [0.25, 0.3) is 11.1 Å². The average molecular weight is 322 g/mol. The van der Waals surface area contributed by atoms with E-state index in [0.717, 1.165) is 17.5 Å². The van der Waals surface area contributed by atoms with E-state index in [9.17, 15) is 13.0 Å². The first-order valence-electron chi connectivity index (χ1n) is 7.16. The first kappa shape index (κ1) is 15.4. The molecule has 0 heterocycles. The van der Waals surface area contributed by atoms with Gasteiger partial charge in [0.25, 0.3) is 10.1 Å². The Bertz CT molecular complexity index is 983. The second-order valence-corrected chi connectivity index (χ2v) is 6.65. The summed E-state index contributed by atoms with van der Waals surface area (Å²) < 4.78 is 33.9. The molecule has 0 aliphatic heterocycles. The zero-order chi connectivity index (χ0) is 16.4. The summed E-state index contributed by atoms with van der Waals surface area (Å²) in [6.45, 7) is 0. The maximum atomic E-state index is 12.0. The van der Waals surface area contributed by atoms with Crippen molar-refractivity contribution in [1.29, 1.82) is 0 Å². The van der Waals surface area contributed by atoms with Gasteiger partial charge in [-0.15, -0.1) is 12.3 Å². The highest BCUT2D eigenvalue weighted by Gasteiger charge is 2.25. The van der Waals surface area contributed by atoms with Gasteiger partial charge in [-0.2, -0.15) is 8.42 Å². The molecule has 0 bridgehead atoms. The summed E-state index contributed by atoms with van der Waals surface area (Å²) >= 11 is 0. The van der Waals surface area contributed by atoms with Gasteiger partial charge in [0, 0.05) is 24.0 Å². The highest BCUT2D eigenvalue weighted by atomic mass is 32.2. The van der Waals surface area contributed by atoms with Gasteiger partial charge >= 0.3 is 0 Å². The number of benzene rings is 2. The smallest absolute Gasteiger partial charge is 0.282 e. The molecule has 3 nitrogen and oxygen atoms in total. The predicted molar refractivity (Wildman–Crippen MR) is 89.4 cm³/mol. The second-order valence-electron chi connectivity index (χ2n) is 5.29. The number of aryl methyl sites for hydroxylation is 1. The Balaban J connectivity index is 2.47. The van der Waals surface area contributed by atoms with E-state index < -0.39 is 10.1 Å². The summed E-state index contributed by atoms with van der Waals surface area (Å²) in [5.41, 5.74) is 3.23. The van der Waals surface area contributed by atoms with Gasteiger partial charge in [-0.1, -0.05) is 42.2 Å². The van der Waals surface area contributed by atoms with Crippen molar-refractivity contribution >= 4 is 10.1 Å². The van der Waals surface area contributed by atoms with Gasteiger partial charge in [-0.25, -0.2) is 0 Å². The Morgan fingerprint density at radius 2 is 2.00 bits per heavy atom. The fourth-order valence-corrected chi connectivity index (χ4v) is 3.83. The molecule has 23 heavy (non-hydrogen) atoms. The van der Waals surface area contributed by atoms with Crippen LogP contribution in [0.4, 0.5) is 0 Å². The van der Waals surface area contributed by atoms with Crippen molar-refractivity contribution in [2.45, 2.75) is 24.2 Å². The Kier molecular flexibility index (Phi) is 3.96. The van der Waals surface area contributed by atoms with Crippen LogP contribution in [0.1, 0.15) is 23.1 Å². The molecular weight excluding hydrogens is 308 g/mol. The van der Waals surface area contributed by atoms with E-state index in [1.165, 1.54) is 0 Å². The molecule has 1 aliphatic carbocycles. The minimum Gasteiger partial charge on any atom is -0.282 e. The predicted octanol–water partition coefficient (Wildman–Crippen LogP) is 3.07. The van der Waals surface area contributed by atoms with Crippen LogP contribution in [-0.2, 0) is 23.0 Å². The third kappa shape index (κ3) is 2.87. The molecule has 1 aliphatic rings. The maximum Gasteiger partial charge on any atom is 0.295 e. The Morgan fingerprint density at radius 3 is 2.74 bits per heavy atom. The fraction of sp³-hybridized carbons (Fsp3) is 0.158. The first-order chi connectivity index (χ1) is 11.0. The van der Waals surface area contributed by atoms with Crippen molar-refractivity contribution in [3.63, 3.8) is 0 Å². The summed E-state index contributed by atoms with van der Waals surface area (Å²) in [7, 11) is -4.43. The lowest BCUT2D eigenvalue weighted by Gasteiger charge is -2.18. The third-order valence-electron chi connectivity index (χ3n) is 3.82. The van der Waals surface area contributed by atoms with E-state index in [4.69, 9.17) is 6.42 Å². The number of hydrogen-bond acceptors (Lipinski definition) is 2. The minimum absolute atomic E-state index is 0.123. The summed E-state index contributed by atoms with van der Waals surface area (Å²) in [6, 6.07) is 11.0. The van der Waals surface area contributed by atoms with Crippen LogP contribution in [0, 0.1) is 24.2 Å². The highest BCUT2D eigenvalue weighted by molar-refractivity contribution is 7.86. The molecule has 0 unspecified atom stereocenters. The lowest BCUT2D eigenvalue weighted by atomic mass is 9.90. The Hall–Kier alpha value is -2.53. The molecule has 0 saturated heterocycles. The summed E-state index contributed by atoms with van der Waals surface area (Å²) in [5, 5.41) is 0. The normalized spacial score (nSPS) is 12.7. The van der Waals surface area contributed by atoms with Crippen LogP contribution in [0.3, 0.4) is 0 Å². The fourth-order valence-electron chi connectivity index (χ4n) is 2.88. The quantitative estimate of drug-likeness (QED) is 0.683. The molecule has 4 heteroatoms. The van der Waals surface area contributed by atoms with Crippen molar-refractivity contribution < 1.29 is 13.0 Å². The minimum atomic E-state index is -4.43. The molecule has 2 aromatic carbocycles. The van der Waals surface area contributed by atoms with Crippen LogP contribution in [0.2, 0.25) is 0 Å². The van der Waals surface area contributed by atoms with Crippen molar-refractivity contribution in [1.82, 2.24) is 0 Å². The number of terminal acetylenes is 1. The number of fused-ring (bicyclic) bond motifs is 3. The van der Waals surface area contributed by atoms with Gasteiger partial charge in [0.2, 0.25) is 0 Å². The maximum absolute atomic E-state index is 12.0.